The average molecular weight is 335 g/mol. The van der Waals surface area contributed by atoms with Gasteiger partial charge in [-0.25, -0.2) is 0 Å². The summed E-state index contributed by atoms with van der Waals surface area (Å²) in [6.07, 6.45) is 3.11. The number of ether oxygens (including phenoxy) is 1. The van der Waals surface area contributed by atoms with Crippen molar-refractivity contribution < 1.29 is 14.1 Å². The van der Waals surface area contributed by atoms with Gasteiger partial charge in [0.05, 0.1) is 24.3 Å². The van der Waals surface area contributed by atoms with E-state index in [0.717, 1.165) is 56.0 Å². The van der Waals surface area contributed by atoms with Gasteiger partial charge < -0.3 is 14.2 Å². The number of nitrogens with zero attached hydrogens (tertiary/aromatic N) is 3. The molecule has 0 aliphatic carbocycles. The predicted octanol–water partition coefficient (Wildman–Crippen LogP) is 1.93. The summed E-state index contributed by atoms with van der Waals surface area (Å²) in [6, 6.07) is 0.315. The molecule has 0 aromatic carbocycles. The Morgan fingerprint density at radius 2 is 1.96 bits per heavy atom. The lowest BCUT2D eigenvalue weighted by Gasteiger charge is -2.38. The number of likely N-dealkylation sites (tertiary alicyclic amines) is 1. The van der Waals surface area contributed by atoms with Gasteiger partial charge in [-0.2, -0.15) is 0 Å². The van der Waals surface area contributed by atoms with E-state index in [0.29, 0.717) is 12.5 Å². The highest BCUT2D eigenvalue weighted by Crippen LogP contribution is 2.23. The molecule has 3 rings (SSSR count). The first-order valence-electron chi connectivity index (χ1n) is 9.03. The highest BCUT2D eigenvalue weighted by molar-refractivity contribution is 5.79. The van der Waals surface area contributed by atoms with Crippen molar-refractivity contribution in [2.45, 2.75) is 65.2 Å². The first kappa shape index (κ1) is 17.4. The Balaban J connectivity index is 1.61. The van der Waals surface area contributed by atoms with Crippen LogP contribution in [0.15, 0.2) is 4.52 Å². The molecule has 0 N–H and O–H groups in total. The predicted molar refractivity (Wildman–Crippen MR) is 90.9 cm³/mol. The number of hydrogen-bond acceptors (Lipinski definition) is 5. The van der Waals surface area contributed by atoms with Crippen LogP contribution in [-0.4, -0.2) is 65.3 Å². The SMILES string of the molecule is Cc1noc(C)c1CC(=O)N1CCC[C@H]1CN1C[C@@H](C)O[C@@H](C)C1. The molecule has 0 unspecified atom stereocenters. The smallest absolute Gasteiger partial charge is 0.227 e. The molecule has 2 aliphatic heterocycles. The number of carbonyl (C=O) groups is 1. The zero-order valence-corrected chi connectivity index (χ0v) is 15.2. The van der Waals surface area contributed by atoms with Crippen LogP contribution in [0.2, 0.25) is 0 Å². The maximum absolute atomic E-state index is 12.8. The summed E-state index contributed by atoms with van der Waals surface area (Å²) in [5.41, 5.74) is 1.77. The van der Waals surface area contributed by atoms with Gasteiger partial charge in [-0.1, -0.05) is 5.16 Å². The lowest BCUT2D eigenvalue weighted by molar-refractivity contribution is -0.132. The number of amides is 1. The number of aromatic nitrogens is 1. The molecule has 134 valence electrons. The highest BCUT2D eigenvalue weighted by Gasteiger charge is 2.32. The van der Waals surface area contributed by atoms with Gasteiger partial charge in [-0.15, -0.1) is 0 Å². The van der Waals surface area contributed by atoms with Crippen LogP contribution < -0.4 is 0 Å². The van der Waals surface area contributed by atoms with E-state index < -0.39 is 0 Å². The van der Waals surface area contributed by atoms with Gasteiger partial charge >= 0.3 is 0 Å². The molecule has 2 saturated heterocycles. The number of aryl methyl sites for hydroxylation is 2. The minimum absolute atomic E-state index is 0.196. The van der Waals surface area contributed by atoms with Crippen molar-refractivity contribution in [1.29, 1.82) is 0 Å². The molecule has 1 aromatic rings. The molecule has 1 aromatic heterocycles. The van der Waals surface area contributed by atoms with Crippen LogP contribution in [0.3, 0.4) is 0 Å². The molecule has 0 radical (unpaired) electrons. The maximum atomic E-state index is 12.8. The second-order valence-corrected chi connectivity index (χ2v) is 7.34. The largest absolute Gasteiger partial charge is 0.373 e. The van der Waals surface area contributed by atoms with Crippen molar-refractivity contribution in [3.8, 4) is 0 Å². The van der Waals surface area contributed by atoms with Gasteiger partial charge in [0.2, 0.25) is 5.91 Å². The van der Waals surface area contributed by atoms with Gasteiger partial charge in [0.1, 0.15) is 5.76 Å². The Labute approximate surface area is 144 Å². The lowest BCUT2D eigenvalue weighted by Crippen LogP contribution is -2.51. The minimum atomic E-state index is 0.196. The quantitative estimate of drug-likeness (QED) is 0.841. The van der Waals surface area contributed by atoms with E-state index in [2.05, 4.69) is 28.8 Å². The maximum Gasteiger partial charge on any atom is 0.227 e. The van der Waals surface area contributed by atoms with E-state index in [1.807, 2.05) is 13.8 Å². The second-order valence-electron chi connectivity index (χ2n) is 7.34. The molecular formula is C18H29N3O3. The third-order valence-corrected chi connectivity index (χ3v) is 5.17. The van der Waals surface area contributed by atoms with Crippen molar-refractivity contribution in [3.05, 3.63) is 17.0 Å². The molecule has 24 heavy (non-hydrogen) atoms. The molecule has 6 heteroatoms. The normalized spacial score (nSPS) is 28.5. The first-order valence-corrected chi connectivity index (χ1v) is 9.03. The van der Waals surface area contributed by atoms with Crippen LogP contribution in [0, 0.1) is 13.8 Å². The topological polar surface area (TPSA) is 58.8 Å². The van der Waals surface area contributed by atoms with E-state index in [1.165, 1.54) is 0 Å². The van der Waals surface area contributed by atoms with Gasteiger partial charge in [0.25, 0.3) is 0 Å². The van der Waals surface area contributed by atoms with Crippen molar-refractivity contribution in [3.63, 3.8) is 0 Å². The van der Waals surface area contributed by atoms with Gasteiger partial charge in [-0.05, 0) is 40.5 Å². The Morgan fingerprint density at radius 3 is 2.58 bits per heavy atom. The molecule has 2 fully saturated rings. The summed E-state index contributed by atoms with van der Waals surface area (Å²) in [7, 11) is 0. The van der Waals surface area contributed by atoms with Crippen LogP contribution in [-0.2, 0) is 16.0 Å². The zero-order valence-electron chi connectivity index (χ0n) is 15.2. The Hall–Kier alpha value is -1.40. The minimum Gasteiger partial charge on any atom is -0.373 e. The zero-order chi connectivity index (χ0) is 17.3. The summed E-state index contributed by atoms with van der Waals surface area (Å²) in [5.74, 6) is 0.952. The van der Waals surface area contributed by atoms with E-state index in [1.54, 1.807) is 0 Å². The Bertz CT molecular complexity index is 557. The summed E-state index contributed by atoms with van der Waals surface area (Å²) in [4.78, 5) is 17.3. The molecule has 3 heterocycles. The second kappa shape index (κ2) is 7.23. The Morgan fingerprint density at radius 1 is 1.25 bits per heavy atom. The number of rotatable bonds is 4. The lowest BCUT2D eigenvalue weighted by atomic mass is 10.1. The van der Waals surface area contributed by atoms with E-state index >= 15 is 0 Å². The third kappa shape index (κ3) is 3.81. The number of hydrogen-bond donors (Lipinski definition) is 0. The van der Waals surface area contributed by atoms with Crippen molar-refractivity contribution in [1.82, 2.24) is 15.0 Å². The molecule has 0 saturated carbocycles. The fourth-order valence-electron chi connectivity index (χ4n) is 4.09. The summed E-state index contributed by atoms with van der Waals surface area (Å²) >= 11 is 0. The standard InChI is InChI=1S/C18H29N3O3/c1-12-9-20(10-13(2)23-12)11-16-6-5-7-21(16)18(22)8-17-14(3)19-24-15(17)4/h12-13,16H,5-11H2,1-4H3/t12-,13+,16-/m0/s1. The average Bonchev–Trinajstić information content (AvgIpc) is 3.08. The Kier molecular flexibility index (Phi) is 5.25. The molecule has 2 aliphatic rings. The molecule has 6 nitrogen and oxygen atoms in total. The highest BCUT2D eigenvalue weighted by atomic mass is 16.5. The van der Waals surface area contributed by atoms with Crippen LogP contribution in [0.4, 0.5) is 0 Å². The van der Waals surface area contributed by atoms with Crippen LogP contribution in [0.1, 0.15) is 43.7 Å². The summed E-state index contributed by atoms with van der Waals surface area (Å²) < 4.78 is 11.0. The fourth-order valence-corrected chi connectivity index (χ4v) is 4.09. The summed E-state index contributed by atoms with van der Waals surface area (Å²) in [6.45, 7) is 11.7. The fraction of sp³-hybridized carbons (Fsp3) is 0.778. The first-order chi connectivity index (χ1) is 11.4. The van der Waals surface area contributed by atoms with Crippen LogP contribution in [0.5, 0.6) is 0 Å². The monoisotopic (exact) mass is 335 g/mol. The number of carbonyl (C=O) groups excluding carboxylic acids is 1. The van der Waals surface area contributed by atoms with Crippen molar-refractivity contribution >= 4 is 5.91 Å². The van der Waals surface area contributed by atoms with Crippen molar-refractivity contribution in [2.24, 2.45) is 0 Å². The van der Waals surface area contributed by atoms with Gasteiger partial charge in [-0.3, -0.25) is 9.69 Å². The number of morpholine rings is 1. The van der Waals surface area contributed by atoms with Crippen LogP contribution in [0.25, 0.3) is 0 Å². The summed E-state index contributed by atoms with van der Waals surface area (Å²) in [5, 5.41) is 3.96. The molecular weight excluding hydrogens is 306 g/mol. The molecule has 3 atom stereocenters. The van der Waals surface area contributed by atoms with Gasteiger partial charge in [0.15, 0.2) is 0 Å². The van der Waals surface area contributed by atoms with E-state index in [4.69, 9.17) is 9.26 Å². The van der Waals surface area contributed by atoms with Crippen LogP contribution >= 0.6 is 0 Å². The molecule has 0 bridgehead atoms. The van der Waals surface area contributed by atoms with E-state index in [9.17, 15) is 4.79 Å². The van der Waals surface area contributed by atoms with Crippen molar-refractivity contribution in [2.75, 3.05) is 26.2 Å². The molecule has 1 amide bonds. The molecule has 0 spiro atoms. The van der Waals surface area contributed by atoms with E-state index in [-0.39, 0.29) is 18.1 Å². The third-order valence-electron chi connectivity index (χ3n) is 5.17. The van der Waals surface area contributed by atoms with Gasteiger partial charge in [0, 0.05) is 37.8 Å².